The van der Waals surface area contributed by atoms with Crippen molar-refractivity contribution in [1.82, 2.24) is 20.2 Å². The van der Waals surface area contributed by atoms with E-state index in [1.807, 2.05) is 13.8 Å². The number of carbonyl (C=O) groups is 1. The van der Waals surface area contributed by atoms with Crippen LogP contribution in [0.1, 0.15) is 64.7 Å². The lowest BCUT2D eigenvalue weighted by Crippen LogP contribution is -2.23. The number of hydrogen-bond donors (Lipinski definition) is 1. The van der Waals surface area contributed by atoms with Crippen molar-refractivity contribution in [2.24, 2.45) is 5.92 Å². The van der Waals surface area contributed by atoms with Gasteiger partial charge in [-0.15, -0.1) is 5.10 Å². The van der Waals surface area contributed by atoms with Gasteiger partial charge in [-0.2, -0.15) is 0 Å². The van der Waals surface area contributed by atoms with E-state index in [0.29, 0.717) is 0 Å². The van der Waals surface area contributed by atoms with Gasteiger partial charge in [-0.3, -0.25) is 4.79 Å². The molecule has 6 heteroatoms. The van der Waals surface area contributed by atoms with Gasteiger partial charge in [0.05, 0.1) is 12.5 Å². The SMILES string of the molecule is CCC(CC)c1nnnn1C(CC(=O)O)C(C)C. The number of hydrogen-bond acceptors (Lipinski definition) is 4. The summed E-state index contributed by atoms with van der Waals surface area (Å²) >= 11 is 0. The largest absolute Gasteiger partial charge is 0.481 e. The molecular weight excluding hydrogens is 232 g/mol. The van der Waals surface area contributed by atoms with Crippen molar-refractivity contribution in [3.05, 3.63) is 5.82 Å². The summed E-state index contributed by atoms with van der Waals surface area (Å²) < 4.78 is 1.70. The fraction of sp³-hybridized carbons (Fsp3) is 0.833. The molecule has 1 atom stereocenters. The predicted molar refractivity (Wildman–Crippen MR) is 67.3 cm³/mol. The molecule has 0 bridgehead atoms. The van der Waals surface area contributed by atoms with Crippen molar-refractivity contribution >= 4 is 5.97 Å². The highest BCUT2D eigenvalue weighted by Crippen LogP contribution is 2.27. The number of carboxylic acid groups (broad SMARTS) is 1. The van der Waals surface area contributed by atoms with Gasteiger partial charge in [0.2, 0.25) is 0 Å². The Kier molecular flexibility index (Phi) is 5.25. The topological polar surface area (TPSA) is 80.9 Å². The highest BCUT2D eigenvalue weighted by atomic mass is 16.4. The molecule has 1 rings (SSSR count). The smallest absolute Gasteiger partial charge is 0.305 e. The van der Waals surface area contributed by atoms with E-state index in [-0.39, 0.29) is 24.3 Å². The monoisotopic (exact) mass is 254 g/mol. The van der Waals surface area contributed by atoms with E-state index in [4.69, 9.17) is 5.11 Å². The first-order valence-corrected chi connectivity index (χ1v) is 6.50. The summed E-state index contributed by atoms with van der Waals surface area (Å²) in [6, 6.07) is -0.187. The first-order valence-electron chi connectivity index (χ1n) is 6.50. The second kappa shape index (κ2) is 6.47. The maximum absolute atomic E-state index is 10.9. The molecule has 0 aliphatic rings. The van der Waals surface area contributed by atoms with Crippen molar-refractivity contribution in [2.45, 2.75) is 58.9 Å². The highest BCUT2D eigenvalue weighted by molar-refractivity contribution is 5.67. The van der Waals surface area contributed by atoms with Crippen LogP contribution < -0.4 is 0 Å². The Balaban J connectivity index is 3.05. The Morgan fingerprint density at radius 1 is 1.33 bits per heavy atom. The molecule has 1 unspecified atom stereocenters. The van der Waals surface area contributed by atoms with Crippen LogP contribution in [-0.4, -0.2) is 31.3 Å². The zero-order valence-electron chi connectivity index (χ0n) is 11.5. The fourth-order valence-corrected chi connectivity index (χ4v) is 2.14. The summed E-state index contributed by atoms with van der Waals surface area (Å²) in [6.07, 6.45) is 1.96. The second-order valence-corrected chi connectivity index (χ2v) is 4.90. The van der Waals surface area contributed by atoms with Crippen LogP contribution in [0.5, 0.6) is 0 Å². The minimum atomic E-state index is -0.820. The fourth-order valence-electron chi connectivity index (χ4n) is 2.14. The molecule has 0 fully saturated rings. The van der Waals surface area contributed by atoms with Crippen LogP contribution in [0, 0.1) is 5.92 Å². The molecule has 1 heterocycles. The van der Waals surface area contributed by atoms with Gasteiger partial charge in [-0.1, -0.05) is 27.7 Å². The lowest BCUT2D eigenvalue weighted by molar-refractivity contribution is -0.138. The summed E-state index contributed by atoms with van der Waals surface area (Å²) in [5.41, 5.74) is 0. The van der Waals surface area contributed by atoms with Crippen molar-refractivity contribution in [3.63, 3.8) is 0 Å². The maximum atomic E-state index is 10.9. The van der Waals surface area contributed by atoms with Gasteiger partial charge in [0.25, 0.3) is 0 Å². The standard InChI is InChI=1S/C12H22N4O2/c1-5-9(6-2)12-13-14-15-16(12)10(8(3)4)7-11(17)18/h8-10H,5-7H2,1-4H3,(H,17,18). The van der Waals surface area contributed by atoms with Gasteiger partial charge in [0.1, 0.15) is 0 Å². The molecule has 6 nitrogen and oxygen atoms in total. The Morgan fingerprint density at radius 2 is 1.94 bits per heavy atom. The zero-order valence-corrected chi connectivity index (χ0v) is 11.5. The summed E-state index contributed by atoms with van der Waals surface area (Å²) in [4.78, 5) is 10.9. The van der Waals surface area contributed by atoms with Gasteiger partial charge in [0.15, 0.2) is 5.82 Å². The molecule has 102 valence electrons. The maximum Gasteiger partial charge on any atom is 0.305 e. The Bertz CT molecular complexity index is 385. The van der Waals surface area contributed by atoms with Gasteiger partial charge < -0.3 is 5.11 Å². The van der Waals surface area contributed by atoms with E-state index >= 15 is 0 Å². The third-order valence-electron chi connectivity index (χ3n) is 3.34. The number of carboxylic acids is 1. The van der Waals surface area contributed by atoms with E-state index in [1.165, 1.54) is 0 Å². The van der Waals surface area contributed by atoms with Gasteiger partial charge in [-0.05, 0) is 29.2 Å². The summed E-state index contributed by atoms with van der Waals surface area (Å²) in [6.45, 7) is 8.17. The summed E-state index contributed by atoms with van der Waals surface area (Å²) in [7, 11) is 0. The van der Waals surface area contributed by atoms with Crippen LogP contribution in [0.25, 0.3) is 0 Å². The van der Waals surface area contributed by atoms with Crippen LogP contribution in [0.2, 0.25) is 0 Å². The first-order chi connectivity index (χ1) is 8.51. The predicted octanol–water partition coefficient (Wildman–Crippen LogP) is 2.25. The van der Waals surface area contributed by atoms with Crippen molar-refractivity contribution < 1.29 is 9.90 Å². The van der Waals surface area contributed by atoms with Gasteiger partial charge in [0, 0.05) is 5.92 Å². The van der Waals surface area contributed by atoms with E-state index in [9.17, 15) is 4.79 Å². The number of aliphatic carboxylic acids is 1. The molecule has 0 saturated carbocycles. The molecule has 0 radical (unpaired) electrons. The Morgan fingerprint density at radius 3 is 2.39 bits per heavy atom. The third-order valence-corrected chi connectivity index (χ3v) is 3.34. The first kappa shape index (κ1) is 14.6. The van der Waals surface area contributed by atoms with Crippen molar-refractivity contribution in [1.29, 1.82) is 0 Å². The molecule has 18 heavy (non-hydrogen) atoms. The average Bonchev–Trinajstić information content (AvgIpc) is 2.76. The molecule has 0 aliphatic carbocycles. The van der Waals surface area contributed by atoms with Crippen LogP contribution >= 0.6 is 0 Å². The van der Waals surface area contributed by atoms with Gasteiger partial charge >= 0.3 is 5.97 Å². The number of rotatable bonds is 7. The number of aromatic nitrogens is 4. The molecular formula is C12H22N4O2. The van der Waals surface area contributed by atoms with Crippen molar-refractivity contribution in [2.75, 3.05) is 0 Å². The van der Waals surface area contributed by atoms with Gasteiger partial charge in [-0.25, -0.2) is 4.68 Å². The summed E-state index contributed by atoms with van der Waals surface area (Å²) in [5, 5.41) is 20.8. The molecule has 0 aliphatic heterocycles. The quantitative estimate of drug-likeness (QED) is 0.807. The minimum absolute atomic E-state index is 0.0514. The van der Waals surface area contributed by atoms with Crippen LogP contribution in [0.15, 0.2) is 0 Å². The molecule has 1 aromatic rings. The van der Waals surface area contributed by atoms with E-state index in [1.54, 1.807) is 4.68 Å². The molecule has 1 N–H and O–H groups in total. The second-order valence-electron chi connectivity index (χ2n) is 4.90. The molecule has 0 spiro atoms. The molecule has 0 saturated heterocycles. The Hall–Kier alpha value is -1.46. The molecule has 0 amide bonds. The zero-order chi connectivity index (χ0) is 13.7. The normalized spacial score (nSPS) is 13.2. The van der Waals surface area contributed by atoms with E-state index < -0.39 is 5.97 Å². The van der Waals surface area contributed by atoms with E-state index in [2.05, 4.69) is 29.4 Å². The van der Waals surface area contributed by atoms with Crippen LogP contribution in [-0.2, 0) is 4.79 Å². The minimum Gasteiger partial charge on any atom is -0.481 e. The highest BCUT2D eigenvalue weighted by Gasteiger charge is 2.26. The Labute approximate surface area is 107 Å². The molecule has 1 aromatic heterocycles. The third kappa shape index (κ3) is 3.27. The van der Waals surface area contributed by atoms with E-state index in [0.717, 1.165) is 18.7 Å². The molecule has 0 aromatic carbocycles. The number of tetrazole rings is 1. The van der Waals surface area contributed by atoms with Crippen LogP contribution in [0.4, 0.5) is 0 Å². The average molecular weight is 254 g/mol. The summed E-state index contributed by atoms with van der Waals surface area (Å²) in [5.74, 6) is 0.451. The lowest BCUT2D eigenvalue weighted by atomic mass is 9.98. The number of nitrogens with zero attached hydrogens (tertiary/aromatic N) is 4. The lowest BCUT2D eigenvalue weighted by Gasteiger charge is -2.22. The van der Waals surface area contributed by atoms with Crippen molar-refractivity contribution in [3.8, 4) is 0 Å². The van der Waals surface area contributed by atoms with Crippen LogP contribution in [0.3, 0.4) is 0 Å².